The Hall–Kier alpha value is -0.800. The molecule has 0 aliphatic carbocycles. The van der Waals surface area contributed by atoms with E-state index in [0.29, 0.717) is 13.1 Å². The molecule has 0 saturated carbocycles. The molecule has 0 spiro atoms. The van der Waals surface area contributed by atoms with Gasteiger partial charge in [0.05, 0.1) is 18.6 Å². The zero-order valence-corrected chi connectivity index (χ0v) is 8.84. The number of alkyl halides is 3. The molecule has 0 rings (SSSR count). The predicted octanol–water partition coefficient (Wildman–Crippen LogP) is 2.00. The first-order valence-electron chi connectivity index (χ1n) is 4.71. The molecule has 0 amide bonds. The monoisotopic (exact) mass is 224 g/mol. The smallest absolute Gasteiger partial charge is 0.300 e. The van der Waals surface area contributed by atoms with Crippen LogP contribution in [0.15, 0.2) is 0 Å². The van der Waals surface area contributed by atoms with Crippen LogP contribution in [0.5, 0.6) is 0 Å². The molecule has 6 heteroatoms. The highest BCUT2D eigenvalue weighted by Crippen LogP contribution is 2.15. The molecule has 0 aromatic heterocycles. The van der Waals surface area contributed by atoms with E-state index in [4.69, 9.17) is 5.26 Å². The molecule has 0 aliphatic rings. The van der Waals surface area contributed by atoms with Crippen LogP contribution < -0.4 is 0 Å². The quantitative estimate of drug-likeness (QED) is 0.692. The standard InChI is InChI=1S/C9H15F3N2O/c1-3-14(7-8(2)6-13)4-5-15-9(10,11)12/h8H,3-5,7H2,1-2H3. The number of nitrogens with zero attached hydrogens (tertiary/aromatic N) is 2. The average Bonchev–Trinajstić information content (AvgIpc) is 2.14. The molecule has 0 aliphatic heterocycles. The van der Waals surface area contributed by atoms with Gasteiger partial charge in [-0.15, -0.1) is 13.2 Å². The predicted molar refractivity (Wildman–Crippen MR) is 48.9 cm³/mol. The van der Waals surface area contributed by atoms with Gasteiger partial charge >= 0.3 is 6.36 Å². The minimum Gasteiger partial charge on any atom is -0.300 e. The van der Waals surface area contributed by atoms with E-state index in [9.17, 15) is 13.2 Å². The fourth-order valence-electron chi connectivity index (χ4n) is 1.10. The number of likely N-dealkylation sites (N-methyl/N-ethyl adjacent to an activating group) is 1. The maximum Gasteiger partial charge on any atom is 0.522 e. The maximum atomic E-state index is 11.6. The molecule has 0 saturated heterocycles. The highest BCUT2D eigenvalue weighted by atomic mass is 19.4. The fraction of sp³-hybridized carbons (Fsp3) is 0.889. The van der Waals surface area contributed by atoms with E-state index < -0.39 is 13.0 Å². The van der Waals surface area contributed by atoms with Crippen LogP contribution in [0.4, 0.5) is 13.2 Å². The van der Waals surface area contributed by atoms with E-state index >= 15 is 0 Å². The van der Waals surface area contributed by atoms with Crippen molar-refractivity contribution in [2.75, 3.05) is 26.2 Å². The first-order valence-corrected chi connectivity index (χ1v) is 4.71. The number of hydrogen-bond acceptors (Lipinski definition) is 3. The van der Waals surface area contributed by atoms with Gasteiger partial charge in [0, 0.05) is 13.1 Å². The SMILES string of the molecule is CCN(CCOC(F)(F)F)CC(C)C#N. The number of rotatable bonds is 6. The highest BCUT2D eigenvalue weighted by Gasteiger charge is 2.28. The lowest BCUT2D eigenvalue weighted by atomic mass is 10.2. The van der Waals surface area contributed by atoms with Crippen LogP contribution in [-0.4, -0.2) is 37.5 Å². The minimum absolute atomic E-state index is 0.183. The van der Waals surface area contributed by atoms with E-state index in [1.54, 1.807) is 11.8 Å². The summed E-state index contributed by atoms with van der Waals surface area (Å²) in [7, 11) is 0. The number of halogens is 3. The second-order valence-electron chi connectivity index (χ2n) is 3.22. The zero-order chi connectivity index (χ0) is 11.9. The van der Waals surface area contributed by atoms with Gasteiger partial charge in [0.1, 0.15) is 0 Å². The van der Waals surface area contributed by atoms with Gasteiger partial charge in [0.2, 0.25) is 0 Å². The molecular weight excluding hydrogens is 209 g/mol. The lowest BCUT2D eigenvalue weighted by Gasteiger charge is -2.21. The van der Waals surface area contributed by atoms with Gasteiger partial charge in [-0.25, -0.2) is 0 Å². The molecule has 88 valence electrons. The average molecular weight is 224 g/mol. The molecule has 1 atom stereocenters. The van der Waals surface area contributed by atoms with E-state index in [1.165, 1.54) is 0 Å². The third kappa shape index (κ3) is 8.21. The molecule has 0 radical (unpaired) electrons. The van der Waals surface area contributed by atoms with Crippen LogP contribution >= 0.6 is 0 Å². The van der Waals surface area contributed by atoms with Crippen LogP contribution in [0.2, 0.25) is 0 Å². The van der Waals surface area contributed by atoms with Gasteiger partial charge in [-0.1, -0.05) is 6.92 Å². The Balaban J connectivity index is 3.77. The fourth-order valence-corrected chi connectivity index (χ4v) is 1.10. The lowest BCUT2D eigenvalue weighted by molar-refractivity contribution is -0.325. The first kappa shape index (κ1) is 14.2. The van der Waals surface area contributed by atoms with Crippen LogP contribution in [0, 0.1) is 17.2 Å². The van der Waals surface area contributed by atoms with Gasteiger partial charge in [-0.05, 0) is 13.5 Å². The number of nitriles is 1. The summed E-state index contributed by atoms with van der Waals surface area (Å²) in [5.41, 5.74) is 0. The summed E-state index contributed by atoms with van der Waals surface area (Å²) in [6.07, 6.45) is -4.57. The largest absolute Gasteiger partial charge is 0.522 e. The van der Waals surface area contributed by atoms with Gasteiger partial charge in [-0.3, -0.25) is 4.74 Å². The number of hydrogen-bond donors (Lipinski definition) is 0. The summed E-state index contributed by atoms with van der Waals surface area (Å²) < 4.78 is 38.6. The van der Waals surface area contributed by atoms with Crippen LogP contribution in [0.3, 0.4) is 0 Å². The van der Waals surface area contributed by atoms with E-state index in [-0.39, 0.29) is 12.5 Å². The first-order chi connectivity index (χ1) is 6.89. The molecule has 3 nitrogen and oxygen atoms in total. The molecule has 0 heterocycles. The van der Waals surface area contributed by atoms with Crippen molar-refractivity contribution in [1.29, 1.82) is 5.26 Å². The summed E-state index contributed by atoms with van der Waals surface area (Å²) in [4.78, 5) is 1.75. The lowest BCUT2D eigenvalue weighted by Crippen LogP contribution is -2.32. The second kappa shape index (κ2) is 6.64. The maximum absolute atomic E-state index is 11.6. The molecular formula is C9H15F3N2O. The Kier molecular flexibility index (Phi) is 6.29. The van der Waals surface area contributed by atoms with Crippen molar-refractivity contribution in [2.45, 2.75) is 20.2 Å². The van der Waals surface area contributed by atoms with Crippen molar-refractivity contribution >= 4 is 0 Å². The van der Waals surface area contributed by atoms with Crippen LogP contribution in [-0.2, 0) is 4.74 Å². The minimum atomic E-state index is -4.57. The van der Waals surface area contributed by atoms with E-state index in [1.807, 2.05) is 13.0 Å². The summed E-state index contributed by atoms with van der Waals surface area (Å²) in [5, 5.41) is 8.55. The third-order valence-electron chi connectivity index (χ3n) is 1.87. The topological polar surface area (TPSA) is 36.3 Å². The summed E-state index contributed by atoms with van der Waals surface area (Å²) in [5.74, 6) is -0.184. The summed E-state index contributed by atoms with van der Waals surface area (Å²) in [6.45, 7) is 4.42. The Morgan fingerprint density at radius 1 is 1.47 bits per heavy atom. The van der Waals surface area contributed by atoms with E-state index in [2.05, 4.69) is 4.74 Å². The summed E-state index contributed by atoms with van der Waals surface area (Å²) in [6, 6.07) is 2.03. The third-order valence-corrected chi connectivity index (χ3v) is 1.87. The zero-order valence-electron chi connectivity index (χ0n) is 8.84. The van der Waals surface area contributed by atoms with Gasteiger partial charge in [0.15, 0.2) is 0 Å². The Labute approximate surface area is 87.4 Å². The Bertz CT molecular complexity index is 212. The van der Waals surface area contributed by atoms with Crippen molar-refractivity contribution in [2.24, 2.45) is 5.92 Å². The van der Waals surface area contributed by atoms with Crippen molar-refractivity contribution in [3.63, 3.8) is 0 Å². The molecule has 15 heavy (non-hydrogen) atoms. The normalized spacial score (nSPS) is 13.9. The molecule has 0 aromatic rings. The van der Waals surface area contributed by atoms with E-state index in [0.717, 1.165) is 0 Å². The van der Waals surface area contributed by atoms with Gasteiger partial charge < -0.3 is 4.90 Å². The van der Waals surface area contributed by atoms with Crippen molar-refractivity contribution in [3.8, 4) is 6.07 Å². The van der Waals surface area contributed by atoms with Crippen LogP contribution in [0.25, 0.3) is 0 Å². The molecule has 0 bridgehead atoms. The van der Waals surface area contributed by atoms with Crippen molar-refractivity contribution in [3.05, 3.63) is 0 Å². The molecule has 0 fully saturated rings. The van der Waals surface area contributed by atoms with Gasteiger partial charge in [-0.2, -0.15) is 5.26 Å². The highest BCUT2D eigenvalue weighted by molar-refractivity contribution is 4.81. The Morgan fingerprint density at radius 2 is 2.07 bits per heavy atom. The second-order valence-corrected chi connectivity index (χ2v) is 3.22. The Morgan fingerprint density at radius 3 is 2.47 bits per heavy atom. The number of ether oxygens (including phenoxy) is 1. The van der Waals surface area contributed by atoms with Crippen molar-refractivity contribution in [1.82, 2.24) is 4.90 Å². The molecule has 0 N–H and O–H groups in total. The van der Waals surface area contributed by atoms with Crippen LogP contribution in [0.1, 0.15) is 13.8 Å². The molecule has 0 aromatic carbocycles. The van der Waals surface area contributed by atoms with Gasteiger partial charge in [0.25, 0.3) is 0 Å². The summed E-state index contributed by atoms with van der Waals surface area (Å²) >= 11 is 0. The molecule has 1 unspecified atom stereocenters. The van der Waals surface area contributed by atoms with Crippen molar-refractivity contribution < 1.29 is 17.9 Å².